The molecule has 4 rings (SSSR count). The summed E-state index contributed by atoms with van der Waals surface area (Å²) in [6, 6.07) is 20.8. The van der Waals surface area contributed by atoms with Gasteiger partial charge >= 0.3 is 0 Å². The molecule has 0 aliphatic carbocycles. The third kappa shape index (κ3) is 4.14. The molecule has 2 amide bonds. The lowest BCUT2D eigenvalue weighted by Crippen LogP contribution is -2.32. The van der Waals surface area contributed by atoms with Gasteiger partial charge in [-0.15, -0.1) is 0 Å². The van der Waals surface area contributed by atoms with E-state index in [0.29, 0.717) is 28.5 Å². The second-order valence-electron chi connectivity index (χ2n) is 8.57. The zero-order chi connectivity index (χ0) is 23.7. The number of methoxy groups -OCH3 is 1. The topological polar surface area (TPSA) is 58.6 Å². The van der Waals surface area contributed by atoms with E-state index in [4.69, 9.17) is 4.74 Å². The van der Waals surface area contributed by atoms with Gasteiger partial charge in [-0.2, -0.15) is 0 Å². The second kappa shape index (κ2) is 8.94. The van der Waals surface area contributed by atoms with E-state index in [1.54, 1.807) is 25.3 Å². The third-order valence-electron chi connectivity index (χ3n) is 6.06. The van der Waals surface area contributed by atoms with Crippen LogP contribution in [0.25, 0.3) is 5.57 Å². The van der Waals surface area contributed by atoms with Gasteiger partial charge in [0.05, 0.1) is 18.4 Å². The molecule has 0 unspecified atom stereocenters. The van der Waals surface area contributed by atoms with Crippen LogP contribution in [0.1, 0.15) is 42.0 Å². The molecule has 3 aromatic rings. The van der Waals surface area contributed by atoms with Crippen LogP contribution in [0.4, 0.5) is 11.4 Å². The molecule has 5 nitrogen and oxygen atoms in total. The van der Waals surface area contributed by atoms with Crippen LogP contribution in [0, 0.1) is 13.8 Å². The summed E-state index contributed by atoms with van der Waals surface area (Å²) in [5.74, 6) is 0.161. The fourth-order valence-electron chi connectivity index (χ4n) is 3.94. The van der Waals surface area contributed by atoms with E-state index in [0.717, 1.165) is 16.8 Å². The molecule has 1 heterocycles. The standard InChI is InChI=1S/C28H28N2O3/c1-17(2)20-11-13-21(14-12-20)29-26-25(23-8-6-7-9-24(23)33-5)27(31)30(28(26)32)22-15-10-18(3)19(4)16-22/h6-17,29H,1-5H3. The van der Waals surface area contributed by atoms with Crippen LogP contribution in [-0.4, -0.2) is 18.9 Å². The van der Waals surface area contributed by atoms with E-state index in [-0.39, 0.29) is 11.6 Å². The van der Waals surface area contributed by atoms with Crippen molar-refractivity contribution in [2.24, 2.45) is 0 Å². The van der Waals surface area contributed by atoms with E-state index in [1.807, 2.05) is 62.4 Å². The van der Waals surface area contributed by atoms with Gasteiger partial charge in [0, 0.05) is 11.3 Å². The largest absolute Gasteiger partial charge is 0.496 e. The molecule has 1 N–H and O–H groups in total. The van der Waals surface area contributed by atoms with Crippen molar-refractivity contribution >= 4 is 28.8 Å². The Balaban J connectivity index is 1.83. The summed E-state index contributed by atoms with van der Waals surface area (Å²) < 4.78 is 5.51. The van der Waals surface area contributed by atoms with Crippen LogP contribution >= 0.6 is 0 Å². The first-order valence-corrected chi connectivity index (χ1v) is 11.0. The molecule has 168 valence electrons. The van der Waals surface area contributed by atoms with Gasteiger partial charge in [-0.3, -0.25) is 9.59 Å². The molecule has 5 heteroatoms. The number of rotatable bonds is 6. The fourth-order valence-corrected chi connectivity index (χ4v) is 3.94. The molecular weight excluding hydrogens is 412 g/mol. The molecule has 0 bridgehead atoms. The number of para-hydroxylation sites is 1. The van der Waals surface area contributed by atoms with Crippen LogP contribution < -0.4 is 15.0 Å². The van der Waals surface area contributed by atoms with Crippen LogP contribution in [0.2, 0.25) is 0 Å². The normalized spacial score (nSPS) is 13.8. The summed E-state index contributed by atoms with van der Waals surface area (Å²) in [7, 11) is 1.56. The monoisotopic (exact) mass is 440 g/mol. The molecule has 0 saturated heterocycles. The van der Waals surface area contributed by atoms with Crippen LogP contribution in [0.15, 0.2) is 72.4 Å². The third-order valence-corrected chi connectivity index (χ3v) is 6.06. The predicted octanol–water partition coefficient (Wildman–Crippen LogP) is 5.83. The van der Waals surface area contributed by atoms with Crippen molar-refractivity contribution in [1.29, 1.82) is 0 Å². The van der Waals surface area contributed by atoms with E-state index in [1.165, 1.54) is 10.5 Å². The smallest absolute Gasteiger partial charge is 0.282 e. The van der Waals surface area contributed by atoms with Gasteiger partial charge in [0.1, 0.15) is 11.4 Å². The van der Waals surface area contributed by atoms with E-state index < -0.39 is 5.91 Å². The molecule has 1 aliphatic heterocycles. The maximum absolute atomic E-state index is 13.7. The quantitative estimate of drug-likeness (QED) is 0.490. The number of carbonyl (C=O) groups is 2. The van der Waals surface area contributed by atoms with E-state index in [9.17, 15) is 9.59 Å². The first kappa shape index (κ1) is 22.3. The van der Waals surface area contributed by atoms with Gasteiger partial charge in [0.25, 0.3) is 11.8 Å². The minimum atomic E-state index is -0.392. The van der Waals surface area contributed by atoms with E-state index in [2.05, 4.69) is 19.2 Å². The molecule has 1 aliphatic rings. The number of anilines is 2. The Morgan fingerprint density at radius 3 is 2.18 bits per heavy atom. The Kier molecular flexibility index (Phi) is 6.05. The van der Waals surface area contributed by atoms with Crippen molar-refractivity contribution in [2.75, 3.05) is 17.3 Å². The highest BCUT2D eigenvalue weighted by atomic mass is 16.5. The van der Waals surface area contributed by atoms with Crippen molar-refractivity contribution in [3.8, 4) is 5.75 Å². The Morgan fingerprint density at radius 2 is 1.55 bits per heavy atom. The van der Waals surface area contributed by atoms with Crippen molar-refractivity contribution in [3.63, 3.8) is 0 Å². The number of aryl methyl sites for hydroxylation is 2. The average Bonchev–Trinajstić information content (AvgIpc) is 3.05. The number of hydrogen-bond acceptors (Lipinski definition) is 4. The number of imide groups is 1. The van der Waals surface area contributed by atoms with Crippen molar-refractivity contribution in [2.45, 2.75) is 33.6 Å². The Labute approximate surface area is 194 Å². The molecular formula is C28H28N2O3. The highest BCUT2D eigenvalue weighted by Gasteiger charge is 2.41. The maximum Gasteiger partial charge on any atom is 0.282 e. The molecule has 33 heavy (non-hydrogen) atoms. The van der Waals surface area contributed by atoms with Crippen LogP contribution in [0.5, 0.6) is 5.75 Å². The molecule has 0 aromatic heterocycles. The van der Waals surface area contributed by atoms with Gasteiger partial charge in [-0.1, -0.05) is 50.2 Å². The summed E-state index contributed by atoms with van der Waals surface area (Å²) in [5, 5.41) is 3.22. The Bertz CT molecular complexity index is 1260. The van der Waals surface area contributed by atoms with Crippen molar-refractivity contribution in [3.05, 3.63) is 94.7 Å². The summed E-state index contributed by atoms with van der Waals surface area (Å²) >= 11 is 0. The molecule has 0 fully saturated rings. The lowest BCUT2D eigenvalue weighted by molar-refractivity contribution is -0.120. The van der Waals surface area contributed by atoms with Gasteiger partial charge in [0.2, 0.25) is 0 Å². The summed E-state index contributed by atoms with van der Waals surface area (Å²) in [5.41, 5.74) is 5.70. The number of nitrogens with one attached hydrogen (secondary N) is 1. The SMILES string of the molecule is COc1ccccc1C1=C(Nc2ccc(C(C)C)cc2)C(=O)N(c2ccc(C)c(C)c2)C1=O. The van der Waals surface area contributed by atoms with Gasteiger partial charge in [-0.05, 0) is 66.8 Å². The minimum absolute atomic E-state index is 0.236. The highest BCUT2D eigenvalue weighted by molar-refractivity contribution is 6.46. The number of benzene rings is 3. The summed E-state index contributed by atoms with van der Waals surface area (Å²) in [6.07, 6.45) is 0. The predicted molar refractivity (Wildman–Crippen MR) is 132 cm³/mol. The maximum atomic E-state index is 13.7. The van der Waals surface area contributed by atoms with Gasteiger partial charge in [0.15, 0.2) is 0 Å². The lowest BCUT2D eigenvalue weighted by atomic mass is 10.0. The first-order chi connectivity index (χ1) is 15.8. The summed E-state index contributed by atoms with van der Waals surface area (Å²) in [4.78, 5) is 28.5. The zero-order valence-corrected chi connectivity index (χ0v) is 19.6. The van der Waals surface area contributed by atoms with Crippen molar-refractivity contribution < 1.29 is 14.3 Å². The van der Waals surface area contributed by atoms with Crippen LogP contribution in [0.3, 0.4) is 0 Å². The van der Waals surface area contributed by atoms with E-state index >= 15 is 0 Å². The van der Waals surface area contributed by atoms with Crippen molar-refractivity contribution in [1.82, 2.24) is 0 Å². The molecule has 0 atom stereocenters. The molecule has 0 radical (unpaired) electrons. The molecule has 3 aromatic carbocycles. The first-order valence-electron chi connectivity index (χ1n) is 11.0. The fraction of sp³-hybridized carbons (Fsp3) is 0.214. The van der Waals surface area contributed by atoms with Gasteiger partial charge < -0.3 is 10.1 Å². The Hall–Kier alpha value is -3.86. The average molecular weight is 441 g/mol. The highest BCUT2D eigenvalue weighted by Crippen LogP contribution is 2.37. The second-order valence-corrected chi connectivity index (χ2v) is 8.57. The Morgan fingerprint density at radius 1 is 0.848 bits per heavy atom. The number of carbonyl (C=O) groups excluding carboxylic acids is 2. The number of amides is 2. The van der Waals surface area contributed by atoms with Crippen LogP contribution in [-0.2, 0) is 9.59 Å². The number of ether oxygens (including phenoxy) is 1. The number of hydrogen-bond donors (Lipinski definition) is 1. The zero-order valence-electron chi connectivity index (χ0n) is 19.6. The minimum Gasteiger partial charge on any atom is -0.496 e. The molecule has 0 spiro atoms. The number of nitrogens with zero attached hydrogens (tertiary/aromatic N) is 1. The molecule has 0 saturated carbocycles. The summed E-state index contributed by atoms with van der Waals surface area (Å²) in [6.45, 7) is 8.23. The lowest BCUT2D eigenvalue weighted by Gasteiger charge is -2.17. The van der Waals surface area contributed by atoms with Gasteiger partial charge in [-0.25, -0.2) is 4.90 Å².